The fraction of sp³-hybridized carbons (Fsp3) is 0.571. The molecule has 0 aliphatic carbocycles. The fourth-order valence-corrected chi connectivity index (χ4v) is 2.69. The molecule has 1 fully saturated rings. The van der Waals surface area contributed by atoms with Gasteiger partial charge in [0.05, 0.1) is 5.69 Å². The first-order chi connectivity index (χ1) is 8.54. The van der Waals surface area contributed by atoms with Crippen LogP contribution in [0.2, 0.25) is 0 Å². The molecule has 0 spiro atoms. The molecule has 100 valence electrons. The number of likely N-dealkylation sites (tertiary alicyclic amines) is 1. The minimum Gasteiger partial charge on any atom is -0.506 e. The van der Waals surface area contributed by atoms with Gasteiger partial charge < -0.3 is 20.6 Å². The Bertz CT molecular complexity index is 408. The molecule has 4 nitrogen and oxygen atoms in total. The Morgan fingerprint density at radius 2 is 2.28 bits per heavy atom. The normalized spacial score (nSPS) is 20.7. The molecule has 0 aromatic heterocycles. The Kier molecular flexibility index (Phi) is 4.09. The van der Waals surface area contributed by atoms with Crippen molar-refractivity contribution in [2.75, 3.05) is 39.5 Å². The summed E-state index contributed by atoms with van der Waals surface area (Å²) in [6, 6.07) is 5.46. The third-order valence-electron chi connectivity index (χ3n) is 3.60. The van der Waals surface area contributed by atoms with Crippen molar-refractivity contribution in [3.8, 4) is 5.75 Å². The molecular weight excluding hydrogens is 226 g/mol. The molecule has 1 unspecified atom stereocenters. The van der Waals surface area contributed by atoms with Gasteiger partial charge in [0.1, 0.15) is 5.75 Å². The first-order valence-electron chi connectivity index (χ1n) is 6.49. The van der Waals surface area contributed by atoms with Gasteiger partial charge in [-0.25, -0.2) is 0 Å². The molecule has 3 N–H and O–H groups in total. The Morgan fingerprint density at radius 3 is 2.89 bits per heavy atom. The average molecular weight is 249 g/mol. The maximum atomic E-state index is 9.39. The fourth-order valence-electron chi connectivity index (χ4n) is 2.69. The van der Waals surface area contributed by atoms with E-state index in [4.69, 9.17) is 5.73 Å². The number of nitrogens with two attached hydrogens (primary N) is 1. The third-order valence-corrected chi connectivity index (χ3v) is 3.60. The van der Waals surface area contributed by atoms with E-state index in [1.165, 1.54) is 19.5 Å². The molecule has 18 heavy (non-hydrogen) atoms. The summed E-state index contributed by atoms with van der Waals surface area (Å²) in [7, 11) is 4.32. The number of hydrogen-bond donors (Lipinski definition) is 2. The van der Waals surface area contributed by atoms with Gasteiger partial charge in [-0.1, -0.05) is 6.07 Å². The van der Waals surface area contributed by atoms with Gasteiger partial charge in [0.25, 0.3) is 0 Å². The molecule has 1 aromatic rings. The summed E-state index contributed by atoms with van der Waals surface area (Å²) < 4.78 is 0. The van der Waals surface area contributed by atoms with Gasteiger partial charge in [-0.15, -0.1) is 0 Å². The molecule has 1 aliphatic heterocycles. The molecule has 4 heteroatoms. The molecule has 0 radical (unpaired) electrons. The second-order valence-corrected chi connectivity index (χ2v) is 5.51. The highest BCUT2D eigenvalue weighted by Gasteiger charge is 2.20. The summed E-state index contributed by atoms with van der Waals surface area (Å²) >= 11 is 0. The van der Waals surface area contributed by atoms with E-state index in [2.05, 4.69) is 23.9 Å². The van der Waals surface area contributed by atoms with E-state index in [0.29, 0.717) is 5.69 Å². The Morgan fingerprint density at radius 1 is 1.50 bits per heavy atom. The molecule has 1 heterocycles. The largest absolute Gasteiger partial charge is 0.506 e. The highest BCUT2D eigenvalue weighted by Crippen LogP contribution is 2.22. The summed E-state index contributed by atoms with van der Waals surface area (Å²) in [4.78, 5) is 4.71. The Hall–Kier alpha value is -1.26. The van der Waals surface area contributed by atoms with Crippen LogP contribution in [-0.4, -0.2) is 48.6 Å². The molecule has 0 amide bonds. The molecule has 1 aromatic carbocycles. The van der Waals surface area contributed by atoms with Crippen molar-refractivity contribution in [2.24, 2.45) is 5.92 Å². The monoisotopic (exact) mass is 249 g/mol. The van der Waals surface area contributed by atoms with Crippen molar-refractivity contribution in [1.29, 1.82) is 0 Å². The van der Waals surface area contributed by atoms with Crippen LogP contribution >= 0.6 is 0 Å². The summed E-state index contributed by atoms with van der Waals surface area (Å²) in [6.45, 7) is 4.41. The van der Waals surface area contributed by atoms with Gasteiger partial charge in [0.15, 0.2) is 0 Å². The van der Waals surface area contributed by atoms with E-state index < -0.39 is 0 Å². The second kappa shape index (κ2) is 5.59. The SMILES string of the molecule is CN1CCC(CN(C)Cc2ccc(O)c(N)c2)C1. The first-order valence-corrected chi connectivity index (χ1v) is 6.49. The summed E-state index contributed by atoms with van der Waals surface area (Å²) in [5.41, 5.74) is 7.31. The predicted molar refractivity (Wildman–Crippen MR) is 74.5 cm³/mol. The zero-order chi connectivity index (χ0) is 13.1. The number of hydrogen-bond acceptors (Lipinski definition) is 4. The van der Waals surface area contributed by atoms with E-state index in [-0.39, 0.29) is 5.75 Å². The van der Waals surface area contributed by atoms with Crippen LogP contribution in [0.3, 0.4) is 0 Å². The van der Waals surface area contributed by atoms with Crippen LogP contribution in [0.4, 0.5) is 5.69 Å². The van der Waals surface area contributed by atoms with Crippen molar-refractivity contribution in [2.45, 2.75) is 13.0 Å². The van der Waals surface area contributed by atoms with E-state index in [9.17, 15) is 5.11 Å². The topological polar surface area (TPSA) is 52.7 Å². The number of benzene rings is 1. The van der Waals surface area contributed by atoms with Crippen LogP contribution in [0.25, 0.3) is 0 Å². The first kappa shape index (κ1) is 13.2. The lowest BCUT2D eigenvalue weighted by Gasteiger charge is -2.21. The number of phenols is 1. The lowest BCUT2D eigenvalue weighted by atomic mass is 10.1. The Balaban J connectivity index is 1.86. The highest BCUT2D eigenvalue weighted by molar-refractivity contribution is 5.53. The lowest BCUT2D eigenvalue weighted by Crippen LogP contribution is -2.27. The van der Waals surface area contributed by atoms with Crippen LogP contribution < -0.4 is 5.73 Å². The molecule has 0 saturated carbocycles. The quantitative estimate of drug-likeness (QED) is 0.625. The molecule has 1 atom stereocenters. The molecule has 1 aliphatic rings. The van der Waals surface area contributed by atoms with Crippen molar-refractivity contribution in [3.63, 3.8) is 0 Å². The lowest BCUT2D eigenvalue weighted by molar-refractivity contribution is 0.267. The molecule has 2 rings (SSSR count). The molecule has 0 bridgehead atoms. The van der Waals surface area contributed by atoms with Crippen LogP contribution in [0.1, 0.15) is 12.0 Å². The third kappa shape index (κ3) is 3.37. The summed E-state index contributed by atoms with van der Waals surface area (Å²) in [6.07, 6.45) is 1.29. The number of aromatic hydroxyl groups is 1. The minimum atomic E-state index is 0.166. The average Bonchev–Trinajstić information content (AvgIpc) is 2.69. The zero-order valence-electron chi connectivity index (χ0n) is 11.3. The zero-order valence-corrected chi connectivity index (χ0v) is 11.3. The van der Waals surface area contributed by atoms with Gasteiger partial charge in [-0.3, -0.25) is 0 Å². The van der Waals surface area contributed by atoms with Crippen LogP contribution in [0.15, 0.2) is 18.2 Å². The summed E-state index contributed by atoms with van der Waals surface area (Å²) in [5.74, 6) is 0.938. The standard InChI is InChI=1S/C14H23N3O/c1-16-6-5-12(9-16)10-17(2)8-11-3-4-14(18)13(15)7-11/h3-4,7,12,18H,5-6,8-10,15H2,1-2H3. The van der Waals surface area contributed by atoms with Gasteiger partial charge >= 0.3 is 0 Å². The van der Waals surface area contributed by atoms with Crippen LogP contribution in [0.5, 0.6) is 5.75 Å². The van der Waals surface area contributed by atoms with Crippen molar-refractivity contribution in [1.82, 2.24) is 9.80 Å². The Labute approximate surface area is 109 Å². The van der Waals surface area contributed by atoms with Gasteiger partial charge in [0, 0.05) is 19.6 Å². The maximum Gasteiger partial charge on any atom is 0.138 e. The number of phenolic OH excluding ortho intramolecular Hbond substituents is 1. The van der Waals surface area contributed by atoms with Gasteiger partial charge in [-0.2, -0.15) is 0 Å². The molecular formula is C14H23N3O. The van der Waals surface area contributed by atoms with Crippen LogP contribution in [-0.2, 0) is 6.54 Å². The van der Waals surface area contributed by atoms with Crippen molar-refractivity contribution >= 4 is 5.69 Å². The predicted octanol–water partition coefficient (Wildman–Crippen LogP) is 1.36. The second-order valence-electron chi connectivity index (χ2n) is 5.51. The number of nitrogen functional groups attached to an aromatic ring is 1. The maximum absolute atomic E-state index is 9.39. The van der Waals surface area contributed by atoms with E-state index >= 15 is 0 Å². The van der Waals surface area contributed by atoms with E-state index in [1.54, 1.807) is 6.07 Å². The number of nitrogens with zero attached hydrogens (tertiary/aromatic N) is 2. The smallest absolute Gasteiger partial charge is 0.138 e. The van der Waals surface area contributed by atoms with E-state index in [1.807, 2.05) is 12.1 Å². The van der Waals surface area contributed by atoms with Crippen LogP contribution in [0, 0.1) is 5.92 Å². The number of rotatable bonds is 4. The minimum absolute atomic E-state index is 0.166. The van der Waals surface area contributed by atoms with Gasteiger partial charge in [-0.05, 0) is 50.7 Å². The number of anilines is 1. The highest BCUT2D eigenvalue weighted by atomic mass is 16.3. The van der Waals surface area contributed by atoms with Crippen molar-refractivity contribution < 1.29 is 5.11 Å². The van der Waals surface area contributed by atoms with Crippen molar-refractivity contribution in [3.05, 3.63) is 23.8 Å². The van der Waals surface area contributed by atoms with Gasteiger partial charge in [0.2, 0.25) is 0 Å². The molecule has 1 saturated heterocycles. The summed E-state index contributed by atoms with van der Waals surface area (Å²) in [5, 5.41) is 9.39. The van der Waals surface area contributed by atoms with E-state index in [0.717, 1.165) is 24.6 Å².